The topological polar surface area (TPSA) is 81.6 Å². The molecule has 7 nitrogen and oxygen atoms in total. The van der Waals surface area contributed by atoms with Crippen LogP contribution >= 0.6 is 11.3 Å². The fourth-order valence-electron chi connectivity index (χ4n) is 2.23. The number of methoxy groups -OCH3 is 2. The Hall–Kier alpha value is -2.22. The first-order chi connectivity index (χ1) is 10.1. The van der Waals surface area contributed by atoms with E-state index in [9.17, 15) is 9.59 Å². The smallest absolute Gasteiger partial charge is 0.311 e. The van der Waals surface area contributed by atoms with Gasteiger partial charge < -0.3 is 9.47 Å². The molecule has 1 aliphatic heterocycles. The minimum Gasteiger partial charge on any atom is -0.481 e. The number of thiazole rings is 1. The zero-order valence-corrected chi connectivity index (χ0v) is 12.3. The van der Waals surface area contributed by atoms with Gasteiger partial charge in [0.15, 0.2) is 5.13 Å². The highest BCUT2D eigenvalue weighted by atomic mass is 32.1. The Morgan fingerprint density at radius 1 is 1.38 bits per heavy atom. The maximum atomic E-state index is 12.0. The Morgan fingerprint density at radius 2 is 2.19 bits per heavy atom. The largest absolute Gasteiger partial charge is 0.481 e. The third-order valence-corrected chi connectivity index (χ3v) is 4.31. The summed E-state index contributed by atoms with van der Waals surface area (Å²) < 4.78 is 9.76. The number of carbonyl (C=O) groups is 2. The van der Waals surface area contributed by atoms with Crippen LogP contribution in [-0.2, 0) is 14.3 Å². The normalized spacial score (nSPS) is 18.3. The highest BCUT2D eigenvalue weighted by molar-refractivity contribution is 7.22. The maximum Gasteiger partial charge on any atom is 0.311 e. The van der Waals surface area contributed by atoms with Crippen LogP contribution < -0.4 is 9.64 Å². The van der Waals surface area contributed by atoms with Gasteiger partial charge >= 0.3 is 5.97 Å². The Bertz CT molecular complexity index is 715. The van der Waals surface area contributed by atoms with Gasteiger partial charge in [-0.1, -0.05) is 11.3 Å². The monoisotopic (exact) mass is 307 g/mol. The summed E-state index contributed by atoms with van der Waals surface area (Å²) in [6.45, 7) is 0.294. The van der Waals surface area contributed by atoms with Gasteiger partial charge in [-0.25, -0.2) is 9.97 Å². The highest BCUT2D eigenvalue weighted by Gasteiger charge is 2.37. The van der Waals surface area contributed by atoms with Crippen molar-refractivity contribution < 1.29 is 19.1 Å². The van der Waals surface area contributed by atoms with Crippen molar-refractivity contribution in [3.8, 4) is 5.88 Å². The van der Waals surface area contributed by atoms with Gasteiger partial charge in [0.25, 0.3) is 0 Å². The molecule has 0 N–H and O–H groups in total. The van der Waals surface area contributed by atoms with Gasteiger partial charge in [-0.15, -0.1) is 0 Å². The second-order valence-electron chi connectivity index (χ2n) is 4.60. The Balaban J connectivity index is 1.90. The molecule has 3 heterocycles. The molecule has 0 spiro atoms. The molecule has 8 heteroatoms. The average Bonchev–Trinajstić information content (AvgIpc) is 3.08. The Morgan fingerprint density at radius 3 is 2.90 bits per heavy atom. The molecule has 1 unspecified atom stereocenters. The van der Waals surface area contributed by atoms with Crippen LogP contribution in [0.25, 0.3) is 10.3 Å². The standard InChI is InChI=1S/C13H13N3O4S/c1-19-9-4-3-8-11(15-9)21-13(14-8)16-6-7(5-10(16)17)12(18)20-2/h3-4,7H,5-6H2,1-2H3. The van der Waals surface area contributed by atoms with Crippen LogP contribution in [0.5, 0.6) is 5.88 Å². The lowest BCUT2D eigenvalue weighted by Gasteiger charge is -2.11. The third-order valence-electron chi connectivity index (χ3n) is 3.32. The quantitative estimate of drug-likeness (QED) is 0.793. The van der Waals surface area contributed by atoms with E-state index in [-0.39, 0.29) is 18.3 Å². The van der Waals surface area contributed by atoms with Crippen molar-refractivity contribution in [3.05, 3.63) is 12.1 Å². The molecule has 2 aromatic heterocycles. The molecule has 0 aromatic carbocycles. The summed E-state index contributed by atoms with van der Waals surface area (Å²) >= 11 is 1.30. The van der Waals surface area contributed by atoms with Crippen molar-refractivity contribution in [1.82, 2.24) is 9.97 Å². The summed E-state index contributed by atoms with van der Waals surface area (Å²) in [5, 5.41) is 0.544. The number of aromatic nitrogens is 2. The number of nitrogens with zero attached hydrogens (tertiary/aromatic N) is 3. The summed E-state index contributed by atoms with van der Waals surface area (Å²) in [5.74, 6) is -0.432. The number of anilines is 1. The number of carbonyl (C=O) groups excluding carboxylic acids is 2. The first kappa shape index (κ1) is 13.7. The SMILES string of the molecule is COC(=O)C1CC(=O)N(c2nc3ccc(OC)nc3s2)C1. The van der Waals surface area contributed by atoms with Gasteiger partial charge in [0.2, 0.25) is 11.8 Å². The van der Waals surface area contributed by atoms with E-state index in [4.69, 9.17) is 9.47 Å². The molecular weight excluding hydrogens is 294 g/mol. The zero-order chi connectivity index (χ0) is 15.0. The predicted octanol–water partition coefficient (Wildman–Crippen LogP) is 1.23. The van der Waals surface area contributed by atoms with Crippen molar-refractivity contribution in [2.75, 3.05) is 25.7 Å². The van der Waals surface area contributed by atoms with Gasteiger partial charge in [-0.3, -0.25) is 14.5 Å². The summed E-state index contributed by atoms with van der Waals surface area (Å²) in [6.07, 6.45) is 0.152. The van der Waals surface area contributed by atoms with Crippen LogP contribution in [0, 0.1) is 5.92 Å². The number of esters is 1. The minimum absolute atomic E-state index is 0.128. The van der Waals surface area contributed by atoms with Gasteiger partial charge in [0.1, 0.15) is 10.3 Å². The molecule has 1 atom stereocenters. The van der Waals surface area contributed by atoms with Crippen molar-refractivity contribution in [2.24, 2.45) is 5.92 Å². The van der Waals surface area contributed by atoms with E-state index in [0.29, 0.717) is 27.9 Å². The van der Waals surface area contributed by atoms with Crippen molar-refractivity contribution in [2.45, 2.75) is 6.42 Å². The third kappa shape index (κ3) is 2.42. The molecular formula is C13H13N3O4S. The fraction of sp³-hybridized carbons (Fsp3) is 0.385. The number of hydrogen-bond acceptors (Lipinski definition) is 7. The predicted molar refractivity (Wildman–Crippen MR) is 76.4 cm³/mol. The van der Waals surface area contributed by atoms with Crippen LogP contribution in [0.2, 0.25) is 0 Å². The highest BCUT2D eigenvalue weighted by Crippen LogP contribution is 2.32. The van der Waals surface area contributed by atoms with Gasteiger partial charge in [-0.05, 0) is 6.07 Å². The van der Waals surface area contributed by atoms with E-state index in [0.717, 1.165) is 0 Å². The molecule has 1 saturated heterocycles. The average molecular weight is 307 g/mol. The van der Waals surface area contributed by atoms with Gasteiger partial charge in [0, 0.05) is 19.0 Å². The first-order valence-corrected chi connectivity index (χ1v) is 7.14. The fourth-order valence-corrected chi connectivity index (χ4v) is 3.19. The van der Waals surface area contributed by atoms with Crippen LogP contribution in [0.15, 0.2) is 12.1 Å². The second-order valence-corrected chi connectivity index (χ2v) is 5.56. The Labute approximate surface area is 124 Å². The van der Waals surface area contributed by atoms with Gasteiger partial charge in [-0.2, -0.15) is 0 Å². The summed E-state index contributed by atoms with van der Waals surface area (Å²) in [7, 11) is 2.87. The van der Waals surface area contributed by atoms with E-state index in [1.54, 1.807) is 19.2 Å². The van der Waals surface area contributed by atoms with E-state index >= 15 is 0 Å². The van der Waals surface area contributed by atoms with Crippen LogP contribution in [0.1, 0.15) is 6.42 Å². The molecule has 0 bridgehead atoms. The molecule has 0 aliphatic carbocycles. The van der Waals surface area contributed by atoms with Crippen LogP contribution in [0.4, 0.5) is 5.13 Å². The van der Waals surface area contributed by atoms with E-state index in [1.165, 1.54) is 23.3 Å². The van der Waals surface area contributed by atoms with Crippen molar-refractivity contribution >= 4 is 38.7 Å². The molecule has 110 valence electrons. The first-order valence-electron chi connectivity index (χ1n) is 6.32. The van der Waals surface area contributed by atoms with E-state index in [1.807, 2.05) is 0 Å². The maximum absolute atomic E-state index is 12.0. The van der Waals surface area contributed by atoms with E-state index in [2.05, 4.69) is 9.97 Å². The summed E-state index contributed by atoms with van der Waals surface area (Å²) in [5.41, 5.74) is 0.699. The number of pyridine rings is 1. The molecule has 1 amide bonds. The number of rotatable bonds is 3. The number of ether oxygens (including phenoxy) is 2. The molecule has 21 heavy (non-hydrogen) atoms. The lowest BCUT2D eigenvalue weighted by Crippen LogP contribution is -2.25. The van der Waals surface area contributed by atoms with E-state index < -0.39 is 5.92 Å². The summed E-state index contributed by atoms with van der Waals surface area (Å²) in [6, 6.07) is 3.51. The van der Waals surface area contributed by atoms with Crippen molar-refractivity contribution in [1.29, 1.82) is 0 Å². The minimum atomic E-state index is -0.433. The van der Waals surface area contributed by atoms with Crippen LogP contribution in [-0.4, -0.2) is 42.6 Å². The number of amides is 1. The molecule has 1 aliphatic rings. The Kier molecular flexibility index (Phi) is 3.46. The van der Waals surface area contributed by atoms with Gasteiger partial charge in [0.05, 0.1) is 20.1 Å². The molecule has 0 radical (unpaired) electrons. The summed E-state index contributed by atoms with van der Waals surface area (Å²) in [4.78, 5) is 34.5. The van der Waals surface area contributed by atoms with Crippen LogP contribution in [0.3, 0.4) is 0 Å². The lowest BCUT2D eigenvalue weighted by atomic mass is 10.1. The molecule has 1 fully saturated rings. The molecule has 0 saturated carbocycles. The number of fused-ring (bicyclic) bond motifs is 1. The molecule has 2 aromatic rings. The number of hydrogen-bond donors (Lipinski definition) is 0. The molecule has 3 rings (SSSR count). The lowest BCUT2D eigenvalue weighted by molar-refractivity contribution is -0.145. The zero-order valence-electron chi connectivity index (χ0n) is 11.5. The second kappa shape index (κ2) is 5.28. The van der Waals surface area contributed by atoms with Crippen molar-refractivity contribution in [3.63, 3.8) is 0 Å².